The van der Waals surface area contributed by atoms with Gasteiger partial charge in [-0.25, -0.2) is 14.8 Å². The number of hydrogen-bond acceptors (Lipinski definition) is 5. The number of urea groups is 1. The molecular formula is C16H21N5OS. The zero-order valence-corrected chi connectivity index (χ0v) is 14.0. The van der Waals surface area contributed by atoms with Crippen molar-refractivity contribution in [3.8, 4) is 0 Å². The molecule has 0 aliphatic carbocycles. The second-order valence-electron chi connectivity index (χ2n) is 6.14. The summed E-state index contributed by atoms with van der Waals surface area (Å²) in [5.41, 5.74) is 1.01. The fourth-order valence-corrected chi connectivity index (χ4v) is 4.26. The van der Waals surface area contributed by atoms with E-state index in [4.69, 9.17) is 0 Å². The number of amides is 2. The number of likely N-dealkylation sites (tertiary alicyclic amines) is 1. The fourth-order valence-electron chi connectivity index (χ4n) is 3.40. The van der Waals surface area contributed by atoms with Gasteiger partial charge in [0, 0.05) is 39.3 Å². The number of carbonyl (C=O) groups is 1. The summed E-state index contributed by atoms with van der Waals surface area (Å²) in [5.74, 6) is 1.01. The smallest absolute Gasteiger partial charge is 0.320 e. The van der Waals surface area contributed by atoms with Crippen LogP contribution in [0.4, 0.5) is 10.6 Å². The van der Waals surface area contributed by atoms with E-state index in [1.165, 1.54) is 6.42 Å². The van der Waals surface area contributed by atoms with Crippen LogP contribution in [-0.4, -0.2) is 65.1 Å². The van der Waals surface area contributed by atoms with Gasteiger partial charge in [-0.1, -0.05) is 0 Å². The molecule has 4 rings (SSSR count). The Morgan fingerprint density at radius 1 is 0.957 bits per heavy atom. The predicted octanol–water partition coefficient (Wildman–Crippen LogP) is 2.42. The summed E-state index contributed by atoms with van der Waals surface area (Å²) in [4.78, 5) is 27.6. The van der Waals surface area contributed by atoms with Gasteiger partial charge in [-0.2, -0.15) is 0 Å². The number of nitrogens with zero attached hydrogens (tertiary/aromatic N) is 5. The molecule has 0 N–H and O–H groups in total. The first-order valence-corrected chi connectivity index (χ1v) is 9.18. The van der Waals surface area contributed by atoms with Gasteiger partial charge in [0.25, 0.3) is 0 Å². The second kappa shape index (κ2) is 6.31. The average molecular weight is 331 g/mol. The number of hydrogen-bond donors (Lipinski definition) is 0. The Hall–Kier alpha value is -1.89. The third-order valence-electron chi connectivity index (χ3n) is 4.70. The molecular weight excluding hydrogens is 310 g/mol. The number of thiophene rings is 1. The lowest BCUT2D eigenvalue weighted by molar-refractivity contribution is 0.141. The zero-order chi connectivity index (χ0) is 15.6. The Morgan fingerprint density at radius 2 is 1.70 bits per heavy atom. The molecule has 4 heterocycles. The number of anilines is 1. The van der Waals surface area contributed by atoms with Crippen LogP contribution in [0.2, 0.25) is 0 Å². The van der Waals surface area contributed by atoms with Crippen LogP contribution in [0.15, 0.2) is 17.8 Å². The van der Waals surface area contributed by atoms with Crippen LogP contribution in [0.1, 0.15) is 19.3 Å². The van der Waals surface area contributed by atoms with Crippen LogP contribution in [0.3, 0.4) is 0 Å². The van der Waals surface area contributed by atoms with Gasteiger partial charge in [0.2, 0.25) is 0 Å². The lowest BCUT2D eigenvalue weighted by Gasteiger charge is -2.39. The van der Waals surface area contributed by atoms with E-state index >= 15 is 0 Å². The molecule has 7 heteroatoms. The van der Waals surface area contributed by atoms with Gasteiger partial charge in [-0.3, -0.25) is 0 Å². The summed E-state index contributed by atoms with van der Waals surface area (Å²) in [6.45, 7) is 5.05. The van der Waals surface area contributed by atoms with Gasteiger partial charge in [0.1, 0.15) is 12.1 Å². The van der Waals surface area contributed by atoms with Crippen molar-refractivity contribution in [3.63, 3.8) is 0 Å². The Balaban J connectivity index is 1.42. The summed E-state index contributed by atoms with van der Waals surface area (Å²) < 4.78 is 1.14. The summed E-state index contributed by atoms with van der Waals surface area (Å²) >= 11 is 1.68. The zero-order valence-electron chi connectivity index (χ0n) is 13.1. The molecule has 2 amide bonds. The summed E-state index contributed by atoms with van der Waals surface area (Å²) in [6, 6.07) is 2.25. The van der Waals surface area contributed by atoms with E-state index in [0.29, 0.717) is 0 Å². The standard InChI is InChI=1S/C16H21N5OS/c22-16(20-5-2-1-3-6-20)21-9-7-19(8-10-21)15-14-13(4-11-23-14)17-12-18-15/h4,11-12H,1-3,5-10H2. The monoisotopic (exact) mass is 331 g/mol. The maximum atomic E-state index is 12.6. The van der Waals surface area contributed by atoms with Crippen LogP contribution in [0.25, 0.3) is 10.2 Å². The quantitative estimate of drug-likeness (QED) is 0.805. The molecule has 122 valence electrons. The fraction of sp³-hybridized carbons (Fsp3) is 0.562. The first-order valence-electron chi connectivity index (χ1n) is 8.30. The highest BCUT2D eigenvalue weighted by molar-refractivity contribution is 7.17. The van der Waals surface area contributed by atoms with Gasteiger partial charge >= 0.3 is 6.03 Å². The van der Waals surface area contributed by atoms with Gasteiger partial charge in [0.15, 0.2) is 0 Å². The van der Waals surface area contributed by atoms with E-state index in [0.717, 1.165) is 68.1 Å². The molecule has 2 aromatic heterocycles. The van der Waals surface area contributed by atoms with Gasteiger partial charge in [0.05, 0.1) is 10.2 Å². The van der Waals surface area contributed by atoms with Gasteiger partial charge in [-0.15, -0.1) is 11.3 Å². The maximum Gasteiger partial charge on any atom is 0.320 e. The van der Waals surface area contributed by atoms with E-state index in [9.17, 15) is 4.79 Å². The molecule has 2 saturated heterocycles. The first kappa shape index (κ1) is 14.7. The van der Waals surface area contributed by atoms with E-state index in [1.807, 2.05) is 15.9 Å². The number of fused-ring (bicyclic) bond motifs is 1. The van der Waals surface area contributed by atoms with Crippen molar-refractivity contribution in [1.29, 1.82) is 0 Å². The minimum atomic E-state index is 0.216. The lowest BCUT2D eigenvalue weighted by Crippen LogP contribution is -2.53. The molecule has 6 nitrogen and oxygen atoms in total. The summed E-state index contributed by atoms with van der Waals surface area (Å²) in [5, 5.41) is 2.05. The highest BCUT2D eigenvalue weighted by Gasteiger charge is 2.27. The number of piperazine rings is 1. The molecule has 0 radical (unpaired) electrons. The summed E-state index contributed by atoms with van der Waals surface area (Å²) in [6.07, 6.45) is 5.17. The average Bonchev–Trinajstić information content (AvgIpc) is 3.11. The van der Waals surface area contributed by atoms with E-state index in [2.05, 4.69) is 20.2 Å². The van der Waals surface area contributed by atoms with E-state index in [-0.39, 0.29) is 6.03 Å². The predicted molar refractivity (Wildman–Crippen MR) is 92.0 cm³/mol. The van der Waals surface area contributed by atoms with Crippen molar-refractivity contribution in [3.05, 3.63) is 17.8 Å². The van der Waals surface area contributed by atoms with Crippen LogP contribution < -0.4 is 4.90 Å². The maximum absolute atomic E-state index is 12.6. The number of aromatic nitrogens is 2. The highest BCUT2D eigenvalue weighted by Crippen LogP contribution is 2.28. The van der Waals surface area contributed by atoms with Crippen molar-refractivity contribution in [2.75, 3.05) is 44.2 Å². The number of carbonyl (C=O) groups excluding carboxylic acids is 1. The highest BCUT2D eigenvalue weighted by atomic mass is 32.1. The molecule has 0 atom stereocenters. The SMILES string of the molecule is O=C(N1CCCCC1)N1CCN(c2ncnc3ccsc23)CC1. The molecule has 0 spiro atoms. The molecule has 2 aromatic rings. The van der Waals surface area contributed by atoms with Crippen molar-refractivity contribution < 1.29 is 4.79 Å². The third-order valence-corrected chi connectivity index (χ3v) is 5.60. The van der Waals surface area contributed by atoms with Gasteiger partial charge < -0.3 is 14.7 Å². The number of piperidine rings is 1. The molecule has 0 unspecified atom stereocenters. The van der Waals surface area contributed by atoms with Crippen LogP contribution >= 0.6 is 11.3 Å². The largest absolute Gasteiger partial charge is 0.352 e. The molecule has 2 aliphatic rings. The van der Waals surface area contributed by atoms with Crippen molar-refractivity contribution in [1.82, 2.24) is 19.8 Å². The summed E-state index contributed by atoms with van der Waals surface area (Å²) in [7, 11) is 0. The third kappa shape index (κ3) is 2.85. The molecule has 0 aromatic carbocycles. The van der Waals surface area contributed by atoms with Crippen LogP contribution in [-0.2, 0) is 0 Å². The normalized spacial score (nSPS) is 19.4. The lowest BCUT2D eigenvalue weighted by atomic mass is 10.1. The molecule has 0 bridgehead atoms. The number of rotatable bonds is 1. The second-order valence-corrected chi connectivity index (χ2v) is 7.05. The Morgan fingerprint density at radius 3 is 2.48 bits per heavy atom. The topological polar surface area (TPSA) is 52.6 Å². The minimum Gasteiger partial charge on any atom is -0.352 e. The Kier molecular flexibility index (Phi) is 4.03. The van der Waals surface area contributed by atoms with Crippen molar-refractivity contribution >= 4 is 33.4 Å². The van der Waals surface area contributed by atoms with E-state index < -0.39 is 0 Å². The first-order chi connectivity index (χ1) is 11.3. The minimum absolute atomic E-state index is 0.216. The molecule has 2 fully saturated rings. The van der Waals surface area contributed by atoms with E-state index in [1.54, 1.807) is 17.7 Å². The van der Waals surface area contributed by atoms with Crippen LogP contribution in [0, 0.1) is 0 Å². The Bertz CT molecular complexity index is 689. The van der Waals surface area contributed by atoms with Gasteiger partial charge in [-0.05, 0) is 30.7 Å². The van der Waals surface area contributed by atoms with Crippen LogP contribution in [0.5, 0.6) is 0 Å². The van der Waals surface area contributed by atoms with Crippen molar-refractivity contribution in [2.45, 2.75) is 19.3 Å². The van der Waals surface area contributed by atoms with Crippen molar-refractivity contribution in [2.24, 2.45) is 0 Å². The Labute approximate surface area is 139 Å². The molecule has 0 saturated carbocycles. The molecule has 23 heavy (non-hydrogen) atoms. The molecule has 2 aliphatic heterocycles.